The Morgan fingerprint density at radius 1 is 1.00 bits per heavy atom. The fourth-order valence-electron chi connectivity index (χ4n) is 1.83. The van der Waals surface area contributed by atoms with Gasteiger partial charge in [0.1, 0.15) is 5.75 Å². The van der Waals surface area contributed by atoms with E-state index in [0.29, 0.717) is 0 Å². The molecule has 0 aliphatic heterocycles. The van der Waals surface area contributed by atoms with Crippen LogP contribution in [0.2, 0.25) is 0 Å². The van der Waals surface area contributed by atoms with Gasteiger partial charge in [0.25, 0.3) is 10.0 Å². The van der Waals surface area contributed by atoms with Crippen molar-refractivity contribution in [3.63, 3.8) is 0 Å². The molecule has 0 radical (unpaired) electrons. The highest BCUT2D eigenvalue weighted by Gasteiger charge is 2.13. The Hall–Kier alpha value is -3.24. The fraction of sp³-hybridized carbons (Fsp3) is 0. The second kappa shape index (κ2) is 7.11. The van der Waals surface area contributed by atoms with Gasteiger partial charge in [-0.15, -0.1) is 0 Å². The first-order valence-corrected chi connectivity index (χ1v) is 7.99. The molecule has 2 aromatic rings. The van der Waals surface area contributed by atoms with Crippen LogP contribution in [0, 0.1) is 0 Å². The molecule has 2 N–H and O–H groups in total. The van der Waals surface area contributed by atoms with Gasteiger partial charge in [-0.05, 0) is 48.0 Å². The zero-order valence-electron chi connectivity index (χ0n) is 12.3. The molecule has 0 saturated carbocycles. The number of rotatable bonds is 6. The molecule has 0 heterocycles. The number of nitrogens with zero attached hydrogens (tertiary/aromatic N) is 1. The third kappa shape index (κ3) is 4.40. The number of aromatic carboxylic acids is 2. The van der Waals surface area contributed by atoms with Crippen LogP contribution in [-0.4, -0.2) is 36.8 Å². The molecule has 0 saturated heterocycles. The minimum Gasteiger partial charge on any atom is -0.664 e. The molecule has 0 unspecified atom stereocenters. The van der Waals surface area contributed by atoms with Gasteiger partial charge in [-0.25, -0.2) is 9.59 Å². The number of benzene rings is 2. The van der Waals surface area contributed by atoms with Crippen LogP contribution in [0.3, 0.4) is 0 Å². The summed E-state index contributed by atoms with van der Waals surface area (Å²) in [5, 5.41) is 28.2. The lowest BCUT2D eigenvalue weighted by Gasteiger charge is -2.07. The van der Waals surface area contributed by atoms with Gasteiger partial charge >= 0.3 is 11.9 Å². The van der Waals surface area contributed by atoms with Crippen LogP contribution in [0.5, 0.6) is 5.75 Å². The Morgan fingerprint density at radius 2 is 1.52 bits per heavy atom. The van der Waals surface area contributed by atoms with Crippen molar-refractivity contribution in [2.45, 2.75) is 4.90 Å². The molecule has 0 aromatic heterocycles. The average molecular weight is 364 g/mol. The van der Waals surface area contributed by atoms with Crippen molar-refractivity contribution in [3.8, 4) is 5.75 Å². The Kier molecular flexibility index (Phi) is 5.15. The van der Waals surface area contributed by atoms with Gasteiger partial charge in [-0.2, -0.15) is 12.8 Å². The van der Waals surface area contributed by atoms with Crippen molar-refractivity contribution in [2.24, 2.45) is 4.40 Å². The quantitative estimate of drug-likeness (QED) is 0.428. The molecule has 10 heteroatoms. The van der Waals surface area contributed by atoms with E-state index in [1.165, 1.54) is 0 Å². The minimum absolute atomic E-state index is 0.0135. The predicted octanol–water partition coefficient (Wildman–Crippen LogP) is 0.545. The van der Waals surface area contributed by atoms with Crippen molar-refractivity contribution in [2.75, 3.05) is 0 Å². The van der Waals surface area contributed by atoms with E-state index >= 15 is 0 Å². The third-order valence-electron chi connectivity index (χ3n) is 3.01. The number of hydrogen-bond donors (Lipinski definition) is 2. The summed E-state index contributed by atoms with van der Waals surface area (Å²) in [5.74, 6) is -2.81. The smallest absolute Gasteiger partial charge is 0.335 e. The third-order valence-corrected chi connectivity index (χ3v) is 4.26. The van der Waals surface area contributed by atoms with Gasteiger partial charge in [0, 0.05) is 6.21 Å². The van der Waals surface area contributed by atoms with Crippen LogP contribution < -0.4 is 10.1 Å². The molecule has 0 amide bonds. The van der Waals surface area contributed by atoms with Crippen LogP contribution >= 0.6 is 0 Å². The van der Waals surface area contributed by atoms with Crippen molar-refractivity contribution < 1.29 is 38.4 Å². The largest absolute Gasteiger partial charge is 0.664 e. The predicted molar refractivity (Wildman–Crippen MR) is 82.2 cm³/mol. The summed E-state index contributed by atoms with van der Waals surface area (Å²) in [7, 11) is -4.13. The molecular formula is C15H10NO8S-. The van der Waals surface area contributed by atoms with E-state index in [2.05, 4.69) is 9.29 Å². The highest BCUT2D eigenvalue weighted by molar-refractivity contribution is 7.90. The Morgan fingerprint density at radius 3 is 1.96 bits per heavy atom. The second-order valence-corrected chi connectivity index (χ2v) is 6.35. The molecule has 0 bridgehead atoms. The maximum Gasteiger partial charge on any atom is 0.335 e. The topological polar surface area (TPSA) is 153 Å². The maximum absolute atomic E-state index is 12.1. The summed E-state index contributed by atoms with van der Waals surface area (Å²) >= 11 is 0. The van der Waals surface area contributed by atoms with E-state index < -0.39 is 22.0 Å². The Labute approximate surface area is 141 Å². The van der Waals surface area contributed by atoms with E-state index in [1.54, 1.807) is 0 Å². The van der Waals surface area contributed by atoms with Gasteiger partial charge in [0.15, 0.2) is 0 Å². The highest BCUT2D eigenvalue weighted by Crippen LogP contribution is 2.17. The maximum atomic E-state index is 12.1. The lowest BCUT2D eigenvalue weighted by Crippen LogP contribution is -2.08. The van der Waals surface area contributed by atoms with Gasteiger partial charge in [-0.1, -0.05) is 0 Å². The van der Waals surface area contributed by atoms with E-state index in [9.17, 15) is 23.3 Å². The summed E-state index contributed by atoms with van der Waals surface area (Å²) in [6, 6.07) is 7.61. The van der Waals surface area contributed by atoms with Gasteiger partial charge in [0.05, 0.1) is 16.0 Å². The first-order chi connectivity index (χ1) is 11.7. The molecule has 25 heavy (non-hydrogen) atoms. The Bertz CT molecular complexity index is 916. The van der Waals surface area contributed by atoms with Crippen molar-refractivity contribution in [1.29, 1.82) is 0 Å². The summed E-state index contributed by atoms with van der Waals surface area (Å²) in [6.45, 7) is 0. The lowest BCUT2D eigenvalue weighted by atomic mass is 10.1. The van der Waals surface area contributed by atoms with Crippen molar-refractivity contribution >= 4 is 28.2 Å². The number of carbonyl (C=O) groups is 2. The summed E-state index contributed by atoms with van der Waals surface area (Å²) < 4.78 is 27.6. The molecule has 9 nitrogen and oxygen atoms in total. The van der Waals surface area contributed by atoms with Gasteiger partial charge < -0.3 is 20.4 Å². The van der Waals surface area contributed by atoms with Crippen LogP contribution in [0.15, 0.2) is 51.8 Å². The molecule has 0 atom stereocenters. The zero-order chi connectivity index (χ0) is 18.6. The molecular weight excluding hydrogens is 354 g/mol. The molecule has 0 aliphatic carbocycles. The second-order valence-electron chi connectivity index (χ2n) is 4.72. The van der Waals surface area contributed by atoms with Crippen LogP contribution in [-0.2, 0) is 10.0 Å². The number of sulfonamides is 1. The number of hydrogen-bond acceptors (Lipinski definition) is 6. The van der Waals surface area contributed by atoms with E-state index in [1.807, 2.05) is 0 Å². The molecule has 0 spiro atoms. The molecule has 2 aromatic carbocycles. The van der Waals surface area contributed by atoms with Crippen LogP contribution in [0.1, 0.15) is 26.3 Å². The summed E-state index contributed by atoms with van der Waals surface area (Å²) in [4.78, 5) is 25.5. The van der Waals surface area contributed by atoms with Crippen molar-refractivity contribution in [1.82, 2.24) is 0 Å². The van der Waals surface area contributed by atoms with Crippen LogP contribution in [0.25, 0.3) is 0 Å². The first-order valence-electron chi connectivity index (χ1n) is 6.55. The molecule has 0 fully saturated rings. The lowest BCUT2D eigenvalue weighted by molar-refractivity contribution is -0.635. The molecule has 2 rings (SSSR count). The Balaban J connectivity index is 2.39. The summed E-state index contributed by atoms with van der Waals surface area (Å²) in [5.41, 5.74) is -0.660. The molecule has 130 valence electrons. The van der Waals surface area contributed by atoms with Gasteiger partial charge in [0.2, 0.25) is 0 Å². The standard InChI is InChI=1S/C15H11NO8S/c17-14(18)10-5-9(6-11(7-10)15(19)20)8-16-25(22,23)13-3-1-12(24-21)2-4-13/h1-8,21H,(H,17,18)(H,19,20)/p-1/b16-8-. The normalized spacial score (nSPS) is 11.4. The van der Waals surface area contributed by atoms with E-state index in [0.717, 1.165) is 48.7 Å². The van der Waals surface area contributed by atoms with E-state index in [4.69, 9.17) is 10.2 Å². The minimum atomic E-state index is -4.13. The number of carboxylic acids is 2. The first kappa shape index (κ1) is 18.1. The summed E-state index contributed by atoms with van der Waals surface area (Å²) in [6.07, 6.45) is 0.840. The number of carboxylic acid groups (broad SMARTS) is 2. The fourth-order valence-corrected chi connectivity index (χ4v) is 2.69. The zero-order valence-corrected chi connectivity index (χ0v) is 13.1. The average Bonchev–Trinajstić information content (AvgIpc) is 2.59. The van der Waals surface area contributed by atoms with Crippen LogP contribution in [0.4, 0.5) is 0 Å². The highest BCUT2D eigenvalue weighted by atomic mass is 32.2. The SMILES string of the molecule is O=C(O)c1cc(/C=N\S(=O)(=O)c2ccc(O[O-])cc2)cc(C(=O)O)c1. The monoisotopic (exact) mass is 364 g/mol. The van der Waals surface area contributed by atoms with E-state index in [-0.39, 0.29) is 27.3 Å². The van der Waals surface area contributed by atoms with Crippen molar-refractivity contribution in [3.05, 3.63) is 59.2 Å². The van der Waals surface area contributed by atoms with Gasteiger partial charge in [-0.3, -0.25) is 0 Å². The molecule has 0 aliphatic rings.